The van der Waals surface area contributed by atoms with E-state index in [9.17, 15) is 9.59 Å². The number of esters is 2. The van der Waals surface area contributed by atoms with Gasteiger partial charge in [0.15, 0.2) is 6.10 Å². The highest BCUT2D eigenvalue weighted by molar-refractivity contribution is 5.70. The lowest BCUT2D eigenvalue weighted by Gasteiger charge is -2.18. The van der Waals surface area contributed by atoms with Gasteiger partial charge in [0.25, 0.3) is 0 Å². The molecule has 0 aromatic rings. The maximum Gasteiger partial charge on any atom is 0.306 e. The first kappa shape index (κ1) is 51.6. The van der Waals surface area contributed by atoms with E-state index in [0.717, 1.165) is 83.5 Å². The molecule has 0 amide bonds. The van der Waals surface area contributed by atoms with E-state index in [2.05, 4.69) is 81.5 Å². The predicted molar refractivity (Wildman–Crippen MR) is 233 cm³/mol. The van der Waals surface area contributed by atoms with Gasteiger partial charge in [0.1, 0.15) is 6.61 Å². The van der Waals surface area contributed by atoms with E-state index >= 15 is 0 Å². The van der Waals surface area contributed by atoms with Crippen molar-refractivity contribution in [2.75, 3.05) is 19.8 Å². The molecule has 0 aromatic heterocycles. The molecular weight excluding hydrogens is 669 g/mol. The van der Waals surface area contributed by atoms with Gasteiger partial charge in [0.2, 0.25) is 0 Å². The van der Waals surface area contributed by atoms with Crippen LogP contribution in [0.2, 0.25) is 0 Å². The van der Waals surface area contributed by atoms with Crippen molar-refractivity contribution in [1.82, 2.24) is 0 Å². The lowest BCUT2D eigenvalue weighted by atomic mass is 10.1. The third-order valence-electron chi connectivity index (χ3n) is 9.54. The van der Waals surface area contributed by atoms with Gasteiger partial charge in [-0.05, 0) is 83.5 Å². The van der Waals surface area contributed by atoms with Gasteiger partial charge in [0, 0.05) is 19.4 Å². The van der Waals surface area contributed by atoms with E-state index in [4.69, 9.17) is 14.2 Å². The molecule has 0 saturated heterocycles. The molecular formula is C49H86O5. The summed E-state index contributed by atoms with van der Waals surface area (Å²) in [5, 5.41) is 0. The van der Waals surface area contributed by atoms with Crippen LogP contribution in [-0.2, 0) is 23.8 Å². The van der Waals surface area contributed by atoms with Crippen LogP contribution >= 0.6 is 0 Å². The van der Waals surface area contributed by atoms with Crippen molar-refractivity contribution >= 4 is 11.9 Å². The van der Waals surface area contributed by atoms with Crippen LogP contribution < -0.4 is 0 Å². The third-order valence-corrected chi connectivity index (χ3v) is 9.54. The number of allylic oxidation sites excluding steroid dienone is 10. The van der Waals surface area contributed by atoms with Crippen LogP contribution in [0, 0.1) is 0 Å². The Morgan fingerprint density at radius 1 is 0.426 bits per heavy atom. The van der Waals surface area contributed by atoms with E-state index in [0.29, 0.717) is 19.4 Å². The van der Waals surface area contributed by atoms with Crippen molar-refractivity contribution in [2.45, 2.75) is 219 Å². The van der Waals surface area contributed by atoms with Crippen molar-refractivity contribution in [1.29, 1.82) is 0 Å². The molecule has 5 nitrogen and oxygen atoms in total. The highest BCUT2D eigenvalue weighted by Crippen LogP contribution is 2.13. The molecule has 0 aromatic carbocycles. The molecule has 0 aliphatic heterocycles. The fraction of sp³-hybridized carbons (Fsp3) is 0.755. The first-order chi connectivity index (χ1) is 26.6. The number of ether oxygens (including phenoxy) is 3. The Balaban J connectivity index is 4.23. The number of rotatable bonds is 41. The van der Waals surface area contributed by atoms with Gasteiger partial charge >= 0.3 is 11.9 Å². The molecule has 312 valence electrons. The standard InChI is InChI=1S/C49H86O5/c1-4-7-10-13-16-19-21-23-24-25-26-28-29-31-33-36-39-42-48(50)53-46-47(45-52-44-41-38-35-18-15-12-9-6-3)54-49(51)43-40-37-34-32-30-27-22-20-17-14-11-8-5-2/h8,11,16-17,19-20,23-24,27,30,47H,4-7,9-10,12-15,18,21-22,25-26,28-29,31-46H2,1-3H3/b11-8-,19-16-,20-17-,24-23-,30-27-. The van der Waals surface area contributed by atoms with Crippen molar-refractivity contribution < 1.29 is 23.8 Å². The number of carbonyl (C=O) groups excluding carboxylic acids is 2. The summed E-state index contributed by atoms with van der Waals surface area (Å²) in [5.41, 5.74) is 0. The summed E-state index contributed by atoms with van der Waals surface area (Å²) in [4.78, 5) is 25.2. The minimum atomic E-state index is -0.550. The summed E-state index contributed by atoms with van der Waals surface area (Å²) in [6, 6.07) is 0. The zero-order chi connectivity index (χ0) is 39.3. The Labute approximate surface area is 334 Å². The molecule has 0 spiro atoms. The molecule has 1 unspecified atom stereocenters. The van der Waals surface area contributed by atoms with Crippen LogP contribution in [0.15, 0.2) is 60.8 Å². The van der Waals surface area contributed by atoms with Crippen LogP contribution in [0.25, 0.3) is 0 Å². The van der Waals surface area contributed by atoms with E-state index in [1.807, 2.05) is 0 Å². The van der Waals surface area contributed by atoms with Gasteiger partial charge in [-0.2, -0.15) is 0 Å². The van der Waals surface area contributed by atoms with Gasteiger partial charge in [0.05, 0.1) is 6.61 Å². The highest BCUT2D eigenvalue weighted by atomic mass is 16.6. The van der Waals surface area contributed by atoms with Crippen LogP contribution in [0.5, 0.6) is 0 Å². The minimum Gasteiger partial charge on any atom is -0.462 e. The largest absolute Gasteiger partial charge is 0.462 e. The summed E-state index contributed by atoms with van der Waals surface area (Å²) in [6.07, 6.45) is 55.0. The lowest BCUT2D eigenvalue weighted by Crippen LogP contribution is -2.30. The van der Waals surface area contributed by atoms with Crippen LogP contribution in [0.3, 0.4) is 0 Å². The Morgan fingerprint density at radius 2 is 0.833 bits per heavy atom. The summed E-state index contributed by atoms with van der Waals surface area (Å²) in [6.45, 7) is 7.63. The second kappa shape index (κ2) is 45.0. The summed E-state index contributed by atoms with van der Waals surface area (Å²) in [7, 11) is 0. The fourth-order valence-electron chi connectivity index (χ4n) is 6.14. The van der Waals surface area contributed by atoms with Crippen molar-refractivity contribution in [3.63, 3.8) is 0 Å². The molecule has 54 heavy (non-hydrogen) atoms. The third kappa shape index (κ3) is 42.3. The molecule has 0 fully saturated rings. The quantitative estimate of drug-likeness (QED) is 0.0353. The van der Waals surface area contributed by atoms with Crippen molar-refractivity contribution in [2.24, 2.45) is 0 Å². The maximum atomic E-state index is 12.7. The second-order valence-electron chi connectivity index (χ2n) is 14.9. The molecule has 0 bridgehead atoms. The number of hydrogen-bond acceptors (Lipinski definition) is 5. The van der Waals surface area contributed by atoms with E-state index in [-0.39, 0.29) is 25.2 Å². The lowest BCUT2D eigenvalue weighted by molar-refractivity contribution is -0.163. The van der Waals surface area contributed by atoms with Crippen molar-refractivity contribution in [3.05, 3.63) is 60.8 Å². The zero-order valence-corrected chi connectivity index (χ0v) is 35.7. The molecule has 0 N–H and O–H groups in total. The first-order valence-corrected chi connectivity index (χ1v) is 22.8. The van der Waals surface area contributed by atoms with E-state index in [1.165, 1.54) is 96.3 Å². The minimum absolute atomic E-state index is 0.0693. The Morgan fingerprint density at radius 3 is 1.39 bits per heavy atom. The molecule has 0 radical (unpaired) electrons. The fourth-order valence-corrected chi connectivity index (χ4v) is 6.14. The average molecular weight is 755 g/mol. The molecule has 0 rings (SSSR count). The first-order valence-electron chi connectivity index (χ1n) is 22.8. The maximum absolute atomic E-state index is 12.7. The van der Waals surface area contributed by atoms with Gasteiger partial charge in [-0.25, -0.2) is 0 Å². The van der Waals surface area contributed by atoms with Gasteiger partial charge in [-0.1, -0.05) is 178 Å². The molecule has 0 saturated carbocycles. The Hall–Kier alpha value is -2.40. The predicted octanol–water partition coefficient (Wildman–Crippen LogP) is 15.0. The average Bonchev–Trinajstić information content (AvgIpc) is 3.17. The van der Waals surface area contributed by atoms with E-state index in [1.54, 1.807) is 0 Å². The van der Waals surface area contributed by atoms with Crippen LogP contribution in [0.1, 0.15) is 213 Å². The molecule has 1 atom stereocenters. The molecule has 0 heterocycles. The van der Waals surface area contributed by atoms with Gasteiger partial charge < -0.3 is 14.2 Å². The number of unbranched alkanes of at least 4 members (excludes halogenated alkanes) is 20. The van der Waals surface area contributed by atoms with Crippen LogP contribution in [-0.4, -0.2) is 37.9 Å². The smallest absolute Gasteiger partial charge is 0.306 e. The van der Waals surface area contributed by atoms with Gasteiger partial charge in [-0.3, -0.25) is 9.59 Å². The normalized spacial score (nSPS) is 12.7. The van der Waals surface area contributed by atoms with Crippen molar-refractivity contribution in [3.8, 4) is 0 Å². The van der Waals surface area contributed by atoms with E-state index < -0.39 is 6.10 Å². The monoisotopic (exact) mass is 755 g/mol. The van der Waals surface area contributed by atoms with Gasteiger partial charge in [-0.15, -0.1) is 0 Å². The van der Waals surface area contributed by atoms with Crippen LogP contribution in [0.4, 0.5) is 0 Å². The number of hydrogen-bond donors (Lipinski definition) is 0. The summed E-state index contributed by atoms with van der Waals surface area (Å²) < 4.78 is 17.2. The number of carbonyl (C=O) groups is 2. The molecule has 0 aliphatic carbocycles. The summed E-state index contributed by atoms with van der Waals surface area (Å²) in [5.74, 6) is -0.440. The zero-order valence-electron chi connectivity index (χ0n) is 35.7. The topological polar surface area (TPSA) is 61.8 Å². The highest BCUT2D eigenvalue weighted by Gasteiger charge is 2.17. The summed E-state index contributed by atoms with van der Waals surface area (Å²) >= 11 is 0. The Bertz CT molecular complexity index is 946. The molecule has 5 heteroatoms. The Kier molecular flexibility index (Phi) is 43.0. The SMILES string of the molecule is CC/C=C\C/C=C\C/C=C\CCCCCC(=O)OC(COCCCCCCCCCC)COC(=O)CCCCCCCCC/C=C\C/C=C\CCCCC. The molecule has 0 aliphatic rings. The second-order valence-corrected chi connectivity index (χ2v) is 14.9.